The third-order valence-corrected chi connectivity index (χ3v) is 5.43. The van der Waals surface area contributed by atoms with Gasteiger partial charge < -0.3 is 5.32 Å². The molecule has 1 aliphatic rings. The molecule has 0 unspecified atom stereocenters. The second kappa shape index (κ2) is 9.15. The molecule has 0 radical (unpaired) electrons. The maximum Gasteiger partial charge on any atom is 0.254 e. The predicted octanol–water partition coefficient (Wildman–Crippen LogP) is 3.92. The maximum atomic E-state index is 12.6. The first-order valence-electron chi connectivity index (χ1n) is 8.57. The first-order chi connectivity index (χ1) is 12.2. The summed E-state index contributed by atoms with van der Waals surface area (Å²) in [5.41, 5.74) is 1.52. The summed E-state index contributed by atoms with van der Waals surface area (Å²) in [7, 11) is 0. The molecule has 0 aliphatic heterocycles. The average Bonchev–Trinajstić information content (AvgIpc) is 2.63. The fourth-order valence-corrected chi connectivity index (χ4v) is 4.10. The minimum absolute atomic E-state index is 0.0573. The maximum absolute atomic E-state index is 12.6. The smallest absolute Gasteiger partial charge is 0.254 e. The Morgan fingerprint density at radius 1 is 1.24 bits per heavy atom. The average molecular weight is 377 g/mol. The molecule has 0 spiro atoms. The normalized spacial score (nSPS) is 15.1. The number of hydrogen-bond acceptors (Lipinski definition) is 5. The van der Waals surface area contributed by atoms with Crippen LogP contribution in [0.1, 0.15) is 48.2 Å². The van der Waals surface area contributed by atoms with Crippen LogP contribution < -0.4 is 5.32 Å². The number of nitrogens with zero attached hydrogens (tertiary/aromatic N) is 3. The van der Waals surface area contributed by atoms with E-state index in [1.54, 1.807) is 30.7 Å². The van der Waals surface area contributed by atoms with Crippen molar-refractivity contribution in [1.82, 2.24) is 20.3 Å². The minimum Gasteiger partial charge on any atom is -0.349 e. The van der Waals surface area contributed by atoms with Crippen molar-refractivity contribution in [2.45, 2.75) is 49.6 Å². The number of amides is 1. The van der Waals surface area contributed by atoms with Crippen LogP contribution in [0.2, 0.25) is 5.15 Å². The molecule has 0 bridgehead atoms. The van der Waals surface area contributed by atoms with Crippen LogP contribution in [-0.2, 0) is 6.42 Å². The molecular weight excluding hydrogens is 356 g/mol. The SMILES string of the molecule is O=C(NC1CCCCC1)c1ccc(Cl)nc1SCCc1cnccn1. The first kappa shape index (κ1) is 18.1. The van der Waals surface area contributed by atoms with Crippen molar-refractivity contribution in [3.05, 3.63) is 47.1 Å². The highest BCUT2D eigenvalue weighted by molar-refractivity contribution is 7.99. The predicted molar refractivity (Wildman–Crippen MR) is 100 cm³/mol. The van der Waals surface area contributed by atoms with Crippen molar-refractivity contribution < 1.29 is 4.79 Å². The van der Waals surface area contributed by atoms with Gasteiger partial charge in [0.05, 0.1) is 11.3 Å². The number of carbonyl (C=O) groups excluding carboxylic acids is 1. The molecule has 132 valence electrons. The Morgan fingerprint density at radius 2 is 2.08 bits per heavy atom. The number of nitrogens with one attached hydrogen (secondary N) is 1. The minimum atomic E-state index is -0.0573. The number of carbonyl (C=O) groups is 1. The largest absolute Gasteiger partial charge is 0.349 e. The molecule has 1 amide bonds. The molecule has 0 saturated heterocycles. The van der Waals surface area contributed by atoms with Gasteiger partial charge in [-0.25, -0.2) is 4.98 Å². The molecule has 2 heterocycles. The summed E-state index contributed by atoms with van der Waals surface area (Å²) in [5.74, 6) is 0.702. The zero-order valence-electron chi connectivity index (χ0n) is 13.9. The van der Waals surface area contributed by atoms with Gasteiger partial charge in [0.25, 0.3) is 5.91 Å². The van der Waals surface area contributed by atoms with Crippen LogP contribution in [0, 0.1) is 0 Å². The summed E-state index contributed by atoms with van der Waals surface area (Å²) in [6.45, 7) is 0. The quantitative estimate of drug-likeness (QED) is 0.611. The van der Waals surface area contributed by atoms with Crippen molar-refractivity contribution in [2.24, 2.45) is 0 Å². The Kier molecular flexibility index (Phi) is 6.64. The Hall–Kier alpha value is -1.66. The van der Waals surface area contributed by atoms with Gasteiger partial charge in [-0.2, -0.15) is 0 Å². The van der Waals surface area contributed by atoms with Gasteiger partial charge in [-0.05, 0) is 25.0 Å². The number of rotatable bonds is 6. The molecule has 1 fully saturated rings. The molecule has 25 heavy (non-hydrogen) atoms. The highest BCUT2D eigenvalue weighted by atomic mass is 35.5. The van der Waals surface area contributed by atoms with Gasteiger partial charge in [-0.3, -0.25) is 14.8 Å². The van der Waals surface area contributed by atoms with Crippen LogP contribution in [0.15, 0.2) is 35.7 Å². The van der Waals surface area contributed by atoms with Crippen molar-refractivity contribution in [3.8, 4) is 0 Å². The number of aromatic nitrogens is 3. The fourth-order valence-electron chi connectivity index (χ4n) is 2.92. The lowest BCUT2D eigenvalue weighted by atomic mass is 9.95. The highest BCUT2D eigenvalue weighted by Gasteiger charge is 2.19. The Balaban J connectivity index is 1.63. The number of hydrogen-bond donors (Lipinski definition) is 1. The second-order valence-corrected chi connectivity index (χ2v) is 7.56. The molecule has 2 aromatic rings. The van der Waals surface area contributed by atoms with E-state index in [0.29, 0.717) is 15.7 Å². The van der Waals surface area contributed by atoms with E-state index in [1.807, 2.05) is 0 Å². The molecule has 2 aromatic heterocycles. The summed E-state index contributed by atoms with van der Waals surface area (Å²) >= 11 is 7.55. The highest BCUT2D eigenvalue weighted by Crippen LogP contribution is 2.24. The Morgan fingerprint density at radius 3 is 2.84 bits per heavy atom. The zero-order valence-corrected chi connectivity index (χ0v) is 15.5. The first-order valence-corrected chi connectivity index (χ1v) is 9.94. The van der Waals surface area contributed by atoms with Crippen LogP contribution in [0.5, 0.6) is 0 Å². The van der Waals surface area contributed by atoms with E-state index in [1.165, 1.54) is 31.0 Å². The van der Waals surface area contributed by atoms with Gasteiger partial charge in [-0.1, -0.05) is 30.9 Å². The lowest BCUT2D eigenvalue weighted by Gasteiger charge is -2.23. The zero-order chi connectivity index (χ0) is 17.5. The van der Waals surface area contributed by atoms with Gasteiger partial charge in [-0.15, -0.1) is 11.8 Å². The van der Waals surface area contributed by atoms with Crippen molar-refractivity contribution >= 4 is 29.3 Å². The van der Waals surface area contributed by atoms with Crippen LogP contribution in [0.3, 0.4) is 0 Å². The summed E-state index contributed by atoms with van der Waals surface area (Å²) in [5, 5.41) is 4.22. The van der Waals surface area contributed by atoms with Gasteiger partial charge in [0.1, 0.15) is 10.2 Å². The van der Waals surface area contributed by atoms with Crippen LogP contribution in [-0.4, -0.2) is 32.7 Å². The number of aryl methyl sites for hydroxylation is 1. The third-order valence-electron chi connectivity index (χ3n) is 4.22. The van der Waals surface area contributed by atoms with Gasteiger partial charge in [0.15, 0.2) is 0 Å². The summed E-state index contributed by atoms with van der Waals surface area (Å²) in [6, 6.07) is 3.71. The van der Waals surface area contributed by atoms with Gasteiger partial charge >= 0.3 is 0 Å². The molecular formula is C18H21ClN4OS. The molecule has 1 saturated carbocycles. The molecule has 7 heteroatoms. The van der Waals surface area contributed by atoms with Gasteiger partial charge in [0, 0.05) is 36.8 Å². The second-order valence-electron chi connectivity index (χ2n) is 6.09. The Labute approximate surface area is 157 Å². The molecule has 1 aliphatic carbocycles. The number of halogens is 1. The summed E-state index contributed by atoms with van der Waals surface area (Å²) < 4.78 is 0. The Bertz CT molecular complexity index is 707. The topological polar surface area (TPSA) is 67.8 Å². The van der Waals surface area contributed by atoms with Crippen molar-refractivity contribution in [1.29, 1.82) is 0 Å². The molecule has 1 N–H and O–H groups in total. The standard InChI is InChI=1S/C18H21ClN4OS/c19-16-7-6-15(17(24)22-13-4-2-1-3-5-13)18(23-16)25-11-8-14-12-20-9-10-21-14/h6-7,9-10,12-13H,1-5,8,11H2,(H,22,24). The third kappa shape index (κ3) is 5.41. The summed E-state index contributed by atoms with van der Waals surface area (Å²) in [4.78, 5) is 25.3. The number of pyridine rings is 1. The fraction of sp³-hybridized carbons (Fsp3) is 0.444. The number of thioether (sulfide) groups is 1. The van der Waals surface area contributed by atoms with Gasteiger partial charge in [0.2, 0.25) is 0 Å². The molecule has 5 nitrogen and oxygen atoms in total. The lowest BCUT2D eigenvalue weighted by Crippen LogP contribution is -2.36. The van der Waals surface area contributed by atoms with E-state index >= 15 is 0 Å². The monoisotopic (exact) mass is 376 g/mol. The lowest BCUT2D eigenvalue weighted by molar-refractivity contribution is 0.0924. The van der Waals surface area contributed by atoms with E-state index in [4.69, 9.17) is 11.6 Å². The van der Waals surface area contributed by atoms with Crippen molar-refractivity contribution in [3.63, 3.8) is 0 Å². The molecule has 3 rings (SSSR count). The van der Waals surface area contributed by atoms with E-state index < -0.39 is 0 Å². The molecule has 0 atom stereocenters. The van der Waals surface area contributed by atoms with E-state index in [9.17, 15) is 4.79 Å². The van der Waals surface area contributed by atoms with E-state index in [0.717, 1.165) is 30.7 Å². The summed E-state index contributed by atoms with van der Waals surface area (Å²) in [6.07, 6.45) is 11.6. The van der Waals surface area contributed by atoms with E-state index in [-0.39, 0.29) is 11.9 Å². The van der Waals surface area contributed by atoms with E-state index in [2.05, 4.69) is 20.3 Å². The molecule has 0 aromatic carbocycles. The van der Waals surface area contributed by atoms with Crippen LogP contribution >= 0.6 is 23.4 Å². The van der Waals surface area contributed by atoms with Crippen molar-refractivity contribution in [2.75, 3.05) is 5.75 Å². The van der Waals surface area contributed by atoms with Crippen LogP contribution in [0.4, 0.5) is 0 Å². The van der Waals surface area contributed by atoms with Crippen LogP contribution in [0.25, 0.3) is 0 Å².